The fourth-order valence-corrected chi connectivity index (χ4v) is 2.38. The normalized spacial score (nSPS) is 18.8. The molecule has 1 atom stereocenters. The summed E-state index contributed by atoms with van der Waals surface area (Å²) in [6.07, 6.45) is 3.02. The summed E-state index contributed by atoms with van der Waals surface area (Å²) in [5, 5.41) is 3.41. The van der Waals surface area contributed by atoms with E-state index in [4.69, 9.17) is 4.42 Å². The van der Waals surface area contributed by atoms with Crippen molar-refractivity contribution in [2.75, 3.05) is 11.4 Å². The van der Waals surface area contributed by atoms with Gasteiger partial charge in [0.1, 0.15) is 6.26 Å². The molecule has 0 bridgehead atoms. The Labute approximate surface area is 112 Å². The van der Waals surface area contributed by atoms with Crippen LogP contribution in [0.3, 0.4) is 0 Å². The molecule has 0 fully saturated rings. The van der Waals surface area contributed by atoms with Gasteiger partial charge in [0.05, 0.1) is 11.8 Å². The lowest BCUT2D eigenvalue weighted by Crippen LogP contribution is -2.39. The first-order chi connectivity index (χ1) is 9.25. The van der Waals surface area contributed by atoms with Gasteiger partial charge in [-0.15, -0.1) is 0 Å². The predicted molar refractivity (Wildman–Crippen MR) is 73.1 cm³/mol. The number of furan rings is 1. The van der Waals surface area contributed by atoms with Gasteiger partial charge in [0.25, 0.3) is 5.91 Å². The number of anilines is 1. The molecule has 0 saturated carbocycles. The van der Waals surface area contributed by atoms with Crippen molar-refractivity contribution < 1.29 is 9.21 Å². The lowest BCUT2D eigenvalue weighted by Gasteiger charge is -2.23. The lowest BCUT2D eigenvalue weighted by atomic mass is 10.1. The number of carbonyl (C=O) groups is 1. The van der Waals surface area contributed by atoms with Crippen LogP contribution in [0.15, 0.2) is 47.3 Å². The quantitative estimate of drug-likeness (QED) is 0.852. The van der Waals surface area contributed by atoms with Crippen molar-refractivity contribution in [3.05, 3.63) is 54.0 Å². The van der Waals surface area contributed by atoms with Crippen LogP contribution in [0.5, 0.6) is 0 Å². The highest BCUT2D eigenvalue weighted by Crippen LogP contribution is 2.25. The third-order valence-electron chi connectivity index (χ3n) is 3.39. The topological polar surface area (TPSA) is 45.5 Å². The van der Waals surface area contributed by atoms with Gasteiger partial charge in [0.2, 0.25) is 0 Å². The Morgan fingerprint density at radius 1 is 1.37 bits per heavy atom. The van der Waals surface area contributed by atoms with Crippen molar-refractivity contribution in [2.45, 2.75) is 19.5 Å². The Balaban J connectivity index is 2.01. The highest BCUT2D eigenvalue weighted by Gasteiger charge is 2.25. The van der Waals surface area contributed by atoms with Gasteiger partial charge in [-0.05, 0) is 24.6 Å². The number of para-hydroxylation sites is 1. The molecule has 19 heavy (non-hydrogen) atoms. The third kappa shape index (κ3) is 2.27. The molecule has 1 amide bonds. The highest BCUT2D eigenvalue weighted by atomic mass is 16.3. The van der Waals surface area contributed by atoms with E-state index in [-0.39, 0.29) is 11.9 Å². The van der Waals surface area contributed by atoms with Crippen LogP contribution in [0.25, 0.3) is 0 Å². The van der Waals surface area contributed by atoms with Crippen molar-refractivity contribution in [3.63, 3.8) is 0 Å². The average Bonchev–Trinajstić information content (AvgIpc) is 2.91. The zero-order valence-corrected chi connectivity index (χ0v) is 10.8. The van der Waals surface area contributed by atoms with Gasteiger partial charge in [-0.25, -0.2) is 0 Å². The maximum atomic E-state index is 12.6. The summed E-state index contributed by atoms with van der Waals surface area (Å²) in [5.41, 5.74) is 2.71. The fourth-order valence-electron chi connectivity index (χ4n) is 2.38. The van der Waals surface area contributed by atoms with Gasteiger partial charge in [-0.1, -0.05) is 18.2 Å². The molecule has 2 heterocycles. The number of fused-ring (bicyclic) bond motifs is 1. The van der Waals surface area contributed by atoms with Gasteiger partial charge >= 0.3 is 0 Å². The van der Waals surface area contributed by atoms with Gasteiger partial charge in [0, 0.05) is 24.8 Å². The van der Waals surface area contributed by atoms with E-state index in [9.17, 15) is 4.79 Å². The maximum absolute atomic E-state index is 12.6. The Hall–Kier alpha value is -2.07. The minimum Gasteiger partial charge on any atom is -0.472 e. The van der Waals surface area contributed by atoms with Crippen molar-refractivity contribution in [1.82, 2.24) is 5.32 Å². The number of carbonyl (C=O) groups excluding carboxylic acids is 1. The Bertz CT molecular complexity index is 578. The van der Waals surface area contributed by atoms with Crippen molar-refractivity contribution in [2.24, 2.45) is 0 Å². The van der Waals surface area contributed by atoms with Crippen LogP contribution in [0.4, 0.5) is 5.69 Å². The molecule has 0 radical (unpaired) electrons. The molecular formula is C15H16N2O2. The third-order valence-corrected chi connectivity index (χ3v) is 3.39. The van der Waals surface area contributed by atoms with E-state index in [2.05, 4.69) is 18.3 Å². The molecule has 1 aromatic heterocycles. The second-order valence-electron chi connectivity index (χ2n) is 4.84. The van der Waals surface area contributed by atoms with Crippen LogP contribution in [0.2, 0.25) is 0 Å². The van der Waals surface area contributed by atoms with Crippen LogP contribution in [-0.4, -0.2) is 18.5 Å². The van der Waals surface area contributed by atoms with Crippen molar-refractivity contribution in [1.29, 1.82) is 0 Å². The number of benzene rings is 1. The van der Waals surface area contributed by atoms with E-state index < -0.39 is 0 Å². The second-order valence-corrected chi connectivity index (χ2v) is 4.84. The zero-order chi connectivity index (χ0) is 13.2. The number of rotatable bonds is 1. The molecule has 1 N–H and O–H groups in total. The SMILES string of the molecule is CC1CN(C(=O)c2ccoc2)c2ccccc2CN1. The van der Waals surface area contributed by atoms with E-state index in [0.717, 1.165) is 17.8 Å². The van der Waals surface area contributed by atoms with Gasteiger partial charge in [0.15, 0.2) is 0 Å². The number of nitrogens with one attached hydrogen (secondary N) is 1. The first-order valence-electron chi connectivity index (χ1n) is 6.41. The summed E-state index contributed by atoms with van der Waals surface area (Å²) in [5.74, 6) is -0.0169. The number of hydrogen-bond donors (Lipinski definition) is 1. The fraction of sp³-hybridized carbons (Fsp3) is 0.267. The van der Waals surface area contributed by atoms with E-state index in [1.54, 1.807) is 6.07 Å². The molecule has 1 aromatic carbocycles. The Kier molecular flexibility index (Phi) is 3.09. The average molecular weight is 256 g/mol. The molecular weight excluding hydrogens is 240 g/mol. The molecule has 0 aliphatic carbocycles. The standard InChI is InChI=1S/C15H16N2O2/c1-11-9-17(15(18)13-6-7-19-10-13)14-5-3-2-4-12(14)8-16-11/h2-7,10-11,16H,8-9H2,1H3. The van der Waals surface area contributed by atoms with Crippen LogP contribution in [-0.2, 0) is 6.54 Å². The Morgan fingerprint density at radius 3 is 3.00 bits per heavy atom. The van der Waals surface area contributed by atoms with E-state index >= 15 is 0 Å². The summed E-state index contributed by atoms with van der Waals surface area (Å²) < 4.78 is 5.01. The summed E-state index contributed by atoms with van der Waals surface area (Å²) in [6.45, 7) is 3.52. The minimum absolute atomic E-state index is 0.0169. The molecule has 1 unspecified atom stereocenters. The number of hydrogen-bond acceptors (Lipinski definition) is 3. The molecule has 1 aliphatic heterocycles. The summed E-state index contributed by atoms with van der Waals surface area (Å²) in [7, 11) is 0. The molecule has 3 rings (SSSR count). The monoisotopic (exact) mass is 256 g/mol. The minimum atomic E-state index is -0.0169. The van der Waals surface area contributed by atoms with Gasteiger partial charge in [-0.2, -0.15) is 0 Å². The predicted octanol–water partition coefficient (Wildman–Crippen LogP) is 2.42. The van der Waals surface area contributed by atoms with Crippen LogP contribution < -0.4 is 10.2 Å². The van der Waals surface area contributed by atoms with E-state index in [1.807, 2.05) is 23.1 Å². The smallest absolute Gasteiger partial charge is 0.261 e. The maximum Gasteiger partial charge on any atom is 0.261 e. The van der Waals surface area contributed by atoms with Crippen molar-refractivity contribution >= 4 is 11.6 Å². The molecule has 4 nitrogen and oxygen atoms in total. The van der Waals surface area contributed by atoms with E-state index in [0.29, 0.717) is 12.1 Å². The molecule has 0 spiro atoms. The molecule has 0 saturated heterocycles. The molecule has 2 aromatic rings. The molecule has 98 valence electrons. The summed E-state index contributed by atoms with van der Waals surface area (Å²) >= 11 is 0. The first-order valence-corrected chi connectivity index (χ1v) is 6.41. The van der Waals surface area contributed by atoms with Gasteiger partial charge < -0.3 is 14.6 Å². The Morgan fingerprint density at radius 2 is 2.21 bits per heavy atom. The van der Waals surface area contributed by atoms with Gasteiger partial charge in [-0.3, -0.25) is 4.79 Å². The number of nitrogens with zero attached hydrogens (tertiary/aromatic N) is 1. The second kappa shape index (κ2) is 4.90. The summed E-state index contributed by atoms with van der Waals surface area (Å²) in [4.78, 5) is 14.4. The van der Waals surface area contributed by atoms with Crippen LogP contribution in [0.1, 0.15) is 22.8 Å². The first kappa shape index (κ1) is 12.0. The molecule has 1 aliphatic rings. The van der Waals surface area contributed by atoms with Crippen LogP contribution in [0, 0.1) is 0 Å². The van der Waals surface area contributed by atoms with Crippen molar-refractivity contribution in [3.8, 4) is 0 Å². The number of amides is 1. The van der Waals surface area contributed by atoms with E-state index in [1.165, 1.54) is 12.5 Å². The van der Waals surface area contributed by atoms with Crippen LogP contribution >= 0.6 is 0 Å². The largest absolute Gasteiger partial charge is 0.472 e. The zero-order valence-electron chi connectivity index (χ0n) is 10.8. The highest BCUT2D eigenvalue weighted by molar-refractivity contribution is 6.06. The molecule has 4 heteroatoms. The lowest BCUT2D eigenvalue weighted by molar-refractivity contribution is 0.0985. The summed E-state index contributed by atoms with van der Waals surface area (Å²) in [6, 6.07) is 9.96.